The molecule has 1 aromatic carbocycles. The van der Waals surface area contributed by atoms with Gasteiger partial charge in [0, 0.05) is 22.3 Å². The van der Waals surface area contributed by atoms with E-state index in [1.54, 1.807) is 19.9 Å². The molecule has 1 aromatic rings. The smallest absolute Gasteiger partial charge is 0.261 e. The van der Waals surface area contributed by atoms with Crippen LogP contribution in [0.3, 0.4) is 0 Å². The molecule has 1 N–H and O–H groups in total. The van der Waals surface area contributed by atoms with E-state index in [4.69, 9.17) is 10.7 Å². The Hall–Kier alpha value is -1.07. The van der Waals surface area contributed by atoms with Crippen LogP contribution in [0.5, 0.6) is 0 Å². The van der Waals surface area contributed by atoms with Crippen LogP contribution >= 0.6 is 10.7 Å². The number of nitrogens with one attached hydrogen (secondary N) is 1. The summed E-state index contributed by atoms with van der Waals surface area (Å²) in [4.78, 5) is 12.0. The molecule has 0 spiro atoms. The highest BCUT2D eigenvalue weighted by molar-refractivity contribution is 8.13. The highest BCUT2D eigenvalue weighted by Crippen LogP contribution is 2.25. The molecule has 0 aliphatic heterocycles. The lowest BCUT2D eigenvalue weighted by Gasteiger charge is -2.10. The lowest BCUT2D eigenvalue weighted by Crippen LogP contribution is -2.26. The van der Waals surface area contributed by atoms with Crippen LogP contribution in [0.25, 0.3) is 0 Å². The van der Waals surface area contributed by atoms with E-state index in [0.29, 0.717) is 11.1 Å². The van der Waals surface area contributed by atoms with Gasteiger partial charge in [0.1, 0.15) is 0 Å². The average molecular weight is 288 g/mol. The maximum Gasteiger partial charge on any atom is 0.261 e. The molecule has 1 aliphatic rings. The summed E-state index contributed by atoms with van der Waals surface area (Å²) in [6.45, 7) is 3.43. The summed E-state index contributed by atoms with van der Waals surface area (Å²) < 4.78 is 22.8. The van der Waals surface area contributed by atoms with E-state index in [2.05, 4.69) is 5.32 Å². The molecular weight excluding hydrogens is 274 g/mol. The summed E-state index contributed by atoms with van der Waals surface area (Å²) in [6.07, 6.45) is 1.97. The van der Waals surface area contributed by atoms with Gasteiger partial charge < -0.3 is 5.32 Å². The van der Waals surface area contributed by atoms with Gasteiger partial charge in [-0.15, -0.1) is 0 Å². The van der Waals surface area contributed by atoms with Crippen molar-refractivity contribution >= 4 is 25.6 Å². The molecule has 18 heavy (non-hydrogen) atoms. The van der Waals surface area contributed by atoms with Crippen molar-refractivity contribution in [3.8, 4) is 0 Å². The SMILES string of the molecule is Cc1cc(C)c(S(=O)(=O)Cl)cc1C(=O)NC1CC1. The van der Waals surface area contributed by atoms with Crippen molar-refractivity contribution in [2.45, 2.75) is 37.6 Å². The first-order valence-electron chi connectivity index (χ1n) is 5.66. The van der Waals surface area contributed by atoms with Gasteiger partial charge in [-0.25, -0.2) is 8.42 Å². The van der Waals surface area contributed by atoms with Gasteiger partial charge in [0.25, 0.3) is 15.0 Å². The van der Waals surface area contributed by atoms with E-state index in [1.807, 2.05) is 0 Å². The normalized spacial score (nSPS) is 15.5. The lowest BCUT2D eigenvalue weighted by atomic mass is 10.1. The van der Waals surface area contributed by atoms with Gasteiger partial charge in [0.2, 0.25) is 0 Å². The summed E-state index contributed by atoms with van der Waals surface area (Å²) in [7, 11) is 1.52. The van der Waals surface area contributed by atoms with Crippen molar-refractivity contribution in [3.05, 3.63) is 28.8 Å². The van der Waals surface area contributed by atoms with Crippen molar-refractivity contribution in [2.24, 2.45) is 0 Å². The van der Waals surface area contributed by atoms with Gasteiger partial charge >= 0.3 is 0 Å². The Bertz CT molecular complexity index is 606. The number of halogens is 1. The van der Waals surface area contributed by atoms with E-state index in [9.17, 15) is 13.2 Å². The monoisotopic (exact) mass is 287 g/mol. The summed E-state index contributed by atoms with van der Waals surface area (Å²) in [5.74, 6) is -0.239. The molecule has 98 valence electrons. The Labute approximate surface area is 111 Å². The zero-order valence-electron chi connectivity index (χ0n) is 10.2. The minimum absolute atomic E-state index is 0.00397. The first kappa shape index (κ1) is 13.4. The topological polar surface area (TPSA) is 63.2 Å². The van der Waals surface area contributed by atoms with E-state index < -0.39 is 9.05 Å². The molecule has 0 radical (unpaired) electrons. The molecular formula is C12H14ClNO3S. The largest absolute Gasteiger partial charge is 0.349 e. The van der Waals surface area contributed by atoms with Gasteiger partial charge in [-0.3, -0.25) is 4.79 Å². The molecule has 6 heteroatoms. The molecule has 2 rings (SSSR count). The molecule has 1 saturated carbocycles. The Kier molecular flexibility index (Phi) is 3.38. The first-order chi connectivity index (χ1) is 8.29. The molecule has 1 fully saturated rings. The van der Waals surface area contributed by atoms with Crippen LogP contribution in [0.4, 0.5) is 0 Å². The molecule has 1 aliphatic carbocycles. The molecule has 0 heterocycles. The van der Waals surface area contributed by atoms with Crippen molar-refractivity contribution in [3.63, 3.8) is 0 Å². The fourth-order valence-electron chi connectivity index (χ4n) is 1.83. The van der Waals surface area contributed by atoms with Gasteiger partial charge in [0.15, 0.2) is 0 Å². The Morgan fingerprint density at radius 1 is 1.28 bits per heavy atom. The number of carbonyl (C=O) groups is 1. The second kappa shape index (κ2) is 4.55. The zero-order chi connectivity index (χ0) is 13.5. The molecule has 0 saturated heterocycles. The Morgan fingerprint density at radius 2 is 1.89 bits per heavy atom. The van der Waals surface area contributed by atoms with Crippen molar-refractivity contribution < 1.29 is 13.2 Å². The van der Waals surface area contributed by atoms with Crippen LogP contribution in [0.2, 0.25) is 0 Å². The van der Waals surface area contributed by atoms with Gasteiger partial charge in [0.05, 0.1) is 4.90 Å². The van der Waals surface area contributed by atoms with E-state index >= 15 is 0 Å². The van der Waals surface area contributed by atoms with Crippen LogP contribution in [0.15, 0.2) is 17.0 Å². The maximum atomic E-state index is 12.0. The number of amides is 1. The number of benzene rings is 1. The summed E-state index contributed by atoms with van der Waals surface area (Å²) in [5.41, 5.74) is 1.66. The van der Waals surface area contributed by atoms with E-state index in [0.717, 1.165) is 18.4 Å². The maximum absolute atomic E-state index is 12.0. The molecule has 0 bridgehead atoms. The third-order valence-corrected chi connectivity index (χ3v) is 4.41. The Balaban J connectivity index is 2.43. The number of aryl methyl sites for hydroxylation is 2. The highest BCUT2D eigenvalue weighted by atomic mass is 35.7. The highest BCUT2D eigenvalue weighted by Gasteiger charge is 2.25. The molecule has 0 atom stereocenters. The average Bonchev–Trinajstić information content (AvgIpc) is 2.99. The minimum atomic E-state index is -3.83. The van der Waals surface area contributed by atoms with E-state index in [1.165, 1.54) is 6.07 Å². The third-order valence-electron chi connectivity index (χ3n) is 2.94. The number of hydrogen-bond donors (Lipinski definition) is 1. The number of carbonyl (C=O) groups excluding carboxylic acids is 1. The summed E-state index contributed by atoms with van der Waals surface area (Å²) in [6, 6.07) is 3.25. The summed E-state index contributed by atoms with van der Waals surface area (Å²) >= 11 is 0. The molecule has 0 unspecified atom stereocenters. The minimum Gasteiger partial charge on any atom is -0.349 e. The summed E-state index contributed by atoms with van der Waals surface area (Å²) in [5, 5.41) is 2.83. The van der Waals surface area contributed by atoms with Crippen molar-refractivity contribution in [1.29, 1.82) is 0 Å². The van der Waals surface area contributed by atoms with Crippen LogP contribution in [-0.2, 0) is 9.05 Å². The number of hydrogen-bond acceptors (Lipinski definition) is 3. The second-order valence-corrected chi connectivity index (χ2v) is 7.15. The van der Waals surface area contributed by atoms with E-state index in [-0.39, 0.29) is 16.8 Å². The predicted octanol–water partition coefficient (Wildman–Crippen LogP) is 2.12. The standard InChI is InChI=1S/C12H14ClNO3S/c1-7-5-8(2)11(18(13,16)17)6-10(7)12(15)14-9-3-4-9/h5-6,9H,3-4H2,1-2H3,(H,14,15). The second-order valence-electron chi connectivity index (χ2n) is 4.62. The fourth-order valence-corrected chi connectivity index (χ4v) is 3.03. The Morgan fingerprint density at radius 3 is 2.39 bits per heavy atom. The molecule has 4 nitrogen and oxygen atoms in total. The first-order valence-corrected chi connectivity index (χ1v) is 7.97. The lowest BCUT2D eigenvalue weighted by molar-refractivity contribution is 0.0950. The van der Waals surface area contributed by atoms with Crippen LogP contribution < -0.4 is 5.32 Å². The van der Waals surface area contributed by atoms with Gasteiger partial charge in [-0.1, -0.05) is 6.07 Å². The predicted molar refractivity (Wildman–Crippen MR) is 69.4 cm³/mol. The van der Waals surface area contributed by atoms with Crippen molar-refractivity contribution in [2.75, 3.05) is 0 Å². The fraction of sp³-hybridized carbons (Fsp3) is 0.417. The van der Waals surface area contributed by atoms with Gasteiger partial charge in [-0.05, 0) is 43.9 Å². The van der Waals surface area contributed by atoms with Crippen LogP contribution in [0, 0.1) is 13.8 Å². The zero-order valence-corrected chi connectivity index (χ0v) is 11.7. The van der Waals surface area contributed by atoms with Crippen molar-refractivity contribution in [1.82, 2.24) is 5.32 Å². The molecule has 0 aromatic heterocycles. The van der Waals surface area contributed by atoms with Crippen LogP contribution in [-0.4, -0.2) is 20.4 Å². The number of rotatable bonds is 3. The quantitative estimate of drug-likeness (QED) is 0.866. The van der Waals surface area contributed by atoms with Crippen LogP contribution in [0.1, 0.15) is 34.3 Å². The third kappa shape index (κ3) is 2.84. The molecule has 1 amide bonds. The van der Waals surface area contributed by atoms with Gasteiger partial charge in [-0.2, -0.15) is 0 Å².